The first-order chi connectivity index (χ1) is 11.6. The molecule has 1 saturated heterocycles. The fourth-order valence-corrected chi connectivity index (χ4v) is 3.27. The van der Waals surface area contributed by atoms with Crippen molar-refractivity contribution in [2.75, 3.05) is 18.0 Å². The second-order valence-electron chi connectivity index (χ2n) is 6.35. The molecule has 4 heterocycles. The Morgan fingerprint density at radius 3 is 2.50 bits per heavy atom. The van der Waals surface area contributed by atoms with Gasteiger partial charge in [0.05, 0.1) is 0 Å². The van der Waals surface area contributed by atoms with Crippen LogP contribution in [0.1, 0.15) is 36.3 Å². The second kappa shape index (κ2) is 5.85. The number of oxazole rings is 1. The zero-order valence-electron chi connectivity index (χ0n) is 14.1. The number of aromatic nitrogens is 5. The lowest BCUT2D eigenvalue weighted by Gasteiger charge is -2.32. The smallest absolute Gasteiger partial charge is 0.252 e. The quantitative estimate of drug-likeness (QED) is 0.723. The highest BCUT2D eigenvalue weighted by molar-refractivity contribution is 5.82. The van der Waals surface area contributed by atoms with E-state index < -0.39 is 0 Å². The molecule has 126 valence electrons. The summed E-state index contributed by atoms with van der Waals surface area (Å²) in [5.41, 5.74) is 1.32. The number of anilines is 1. The highest BCUT2D eigenvalue weighted by Crippen LogP contribution is 2.29. The van der Waals surface area contributed by atoms with Crippen molar-refractivity contribution in [2.45, 2.75) is 40.0 Å². The summed E-state index contributed by atoms with van der Waals surface area (Å²) < 4.78 is 10.6. The van der Waals surface area contributed by atoms with Crippen LogP contribution in [0.25, 0.3) is 11.2 Å². The van der Waals surface area contributed by atoms with Crippen LogP contribution in [0, 0.1) is 26.7 Å². The molecule has 3 aromatic heterocycles. The largest absolute Gasteiger partial charge is 0.422 e. The molecule has 8 nitrogen and oxygen atoms in total. The van der Waals surface area contributed by atoms with Crippen LogP contribution in [-0.2, 0) is 6.42 Å². The van der Waals surface area contributed by atoms with Gasteiger partial charge < -0.3 is 13.8 Å². The van der Waals surface area contributed by atoms with Gasteiger partial charge >= 0.3 is 0 Å². The van der Waals surface area contributed by atoms with Crippen LogP contribution in [0.5, 0.6) is 0 Å². The van der Waals surface area contributed by atoms with Crippen molar-refractivity contribution in [2.24, 2.45) is 5.92 Å². The SMILES string of the molecule is Cc1nc(N2CCC(Cc3noc(C)n3)CC2)c2nc(C)oc2n1. The molecule has 0 unspecified atom stereocenters. The van der Waals surface area contributed by atoms with Gasteiger partial charge in [-0.3, -0.25) is 0 Å². The monoisotopic (exact) mass is 328 g/mol. The summed E-state index contributed by atoms with van der Waals surface area (Å²) in [4.78, 5) is 20.0. The maximum absolute atomic E-state index is 5.57. The van der Waals surface area contributed by atoms with Gasteiger partial charge in [0.25, 0.3) is 5.71 Å². The van der Waals surface area contributed by atoms with Crippen molar-refractivity contribution in [3.63, 3.8) is 0 Å². The molecule has 0 saturated carbocycles. The van der Waals surface area contributed by atoms with E-state index in [2.05, 4.69) is 30.0 Å². The van der Waals surface area contributed by atoms with Gasteiger partial charge in [0, 0.05) is 33.4 Å². The maximum atomic E-state index is 5.57. The van der Waals surface area contributed by atoms with Gasteiger partial charge in [-0.2, -0.15) is 9.97 Å². The van der Waals surface area contributed by atoms with Crippen LogP contribution >= 0.6 is 0 Å². The molecule has 0 amide bonds. The van der Waals surface area contributed by atoms with E-state index >= 15 is 0 Å². The van der Waals surface area contributed by atoms with E-state index in [1.807, 2.05) is 20.8 Å². The first-order valence-corrected chi connectivity index (χ1v) is 8.24. The van der Waals surface area contributed by atoms with Gasteiger partial charge in [0.1, 0.15) is 5.82 Å². The zero-order chi connectivity index (χ0) is 16.7. The lowest BCUT2D eigenvalue weighted by Crippen LogP contribution is -2.35. The van der Waals surface area contributed by atoms with Crippen molar-refractivity contribution in [1.82, 2.24) is 25.1 Å². The van der Waals surface area contributed by atoms with Gasteiger partial charge in [0.15, 0.2) is 23.0 Å². The molecule has 1 fully saturated rings. The molecule has 0 N–H and O–H groups in total. The molecular weight excluding hydrogens is 308 g/mol. The maximum Gasteiger partial charge on any atom is 0.252 e. The van der Waals surface area contributed by atoms with Crippen molar-refractivity contribution in [3.8, 4) is 0 Å². The number of aryl methyl sites for hydroxylation is 3. The molecular formula is C16H20N6O2. The average molecular weight is 328 g/mol. The minimum atomic E-state index is 0.565. The first kappa shape index (κ1) is 15.0. The van der Waals surface area contributed by atoms with Crippen molar-refractivity contribution in [3.05, 3.63) is 23.4 Å². The van der Waals surface area contributed by atoms with E-state index in [1.165, 1.54) is 0 Å². The van der Waals surface area contributed by atoms with E-state index in [1.54, 1.807) is 0 Å². The highest BCUT2D eigenvalue weighted by atomic mass is 16.5. The summed E-state index contributed by atoms with van der Waals surface area (Å²) >= 11 is 0. The summed E-state index contributed by atoms with van der Waals surface area (Å²) in [5, 5.41) is 4.00. The van der Waals surface area contributed by atoms with Crippen LogP contribution in [0.2, 0.25) is 0 Å². The van der Waals surface area contributed by atoms with Crippen LogP contribution < -0.4 is 4.90 Å². The molecule has 8 heteroatoms. The van der Waals surface area contributed by atoms with Crippen LogP contribution in [-0.4, -0.2) is 38.2 Å². The molecule has 1 aliphatic rings. The third-order valence-corrected chi connectivity index (χ3v) is 4.41. The van der Waals surface area contributed by atoms with Crippen molar-refractivity contribution in [1.29, 1.82) is 0 Å². The van der Waals surface area contributed by atoms with Crippen molar-refractivity contribution >= 4 is 17.0 Å². The van der Waals surface area contributed by atoms with E-state index in [-0.39, 0.29) is 0 Å². The Morgan fingerprint density at radius 2 is 1.79 bits per heavy atom. The molecule has 0 spiro atoms. The highest BCUT2D eigenvalue weighted by Gasteiger charge is 2.25. The second-order valence-corrected chi connectivity index (χ2v) is 6.35. The number of piperidine rings is 1. The van der Waals surface area contributed by atoms with E-state index in [4.69, 9.17) is 8.94 Å². The van der Waals surface area contributed by atoms with E-state index in [0.717, 1.165) is 49.5 Å². The number of hydrogen-bond donors (Lipinski definition) is 0. The Balaban J connectivity index is 1.49. The molecule has 24 heavy (non-hydrogen) atoms. The number of fused-ring (bicyclic) bond motifs is 1. The molecule has 4 rings (SSSR count). The summed E-state index contributed by atoms with van der Waals surface area (Å²) in [6, 6.07) is 0. The average Bonchev–Trinajstić information content (AvgIpc) is 3.12. The molecule has 0 bridgehead atoms. The van der Waals surface area contributed by atoms with E-state index in [9.17, 15) is 0 Å². The summed E-state index contributed by atoms with van der Waals surface area (Å²) in [5.74, 6) is 4.20. The van der Waals surface area contributed by atoms with Gasteiger partial charge in [-0.05, 0) is 25.7 Å². The molecule has 0 aliphatic carbocycles. The van der Waals surface area contributed by atoms with Crippen molar-refractivity contribution < 1.29 is 8.94 Å². The lowest BCUT2D eigenvalue weighted by atomic mass is 9.93. The Hall–Kier alpha value is -2.51. The standard InChI is InChI=1S/C16H20N6O2/c1-9-17-15(14-16(18-9)23-10(2)20-14)22-6-4-12(5-7-22)8-13-19-11(3)24-21-13/h12H,4-8H2,1-3H3. The van der Waals surface area contributed by atoms with Gasteiger partial charge in [0.2, 0.25) is 5.89 Å². The molecule has 0 atom stereocenters. The lowest BCUT2D eigenvalue weighted by molar-refractivity contribution is 0.365. The third-order valence-electron chi connectivity index (χ3n) is 4.41. The number of rotatable bonds is 3. The first-order valence-electron chi connectivity index (χ1n) is 8.24. The summed E-state index contributed by atoms with van der Waals surface area (Å²) in [7, 11) is 0. The molecule has 0 radical (unpaired) electrons. The normalized spacial score (nSPS) is 16.2. The Morgan fingerprint density at radius 1 is 1.00 bits per heavy atom. The predicted molar refractivity (Wildman–Crippen MR) is 86.7 cm³/mol. The van der Waals surface area contributed by atoms with E-state index in [0.29, 0.717) is 29.2 Å². The molecule has 1 aliphatic heterocycles. The van der Waals surface area contributed by atoms with Gasteiger partial charge in [-0.15, -0.1) is 0 Å². The molecule has 0 aromatic carbocycles. The summed E-state index contributed by atoms with van der Waals surface area (Å²) in [6.07, 6.45) is 3.00. The summed E-state index contributed by atoms with van der Waals surface area (Å²) in [6.45, 7) is 7.39. The fourth-order valence-electron chi connectivity index (χ4n) is 3.27. The van der Waals surface area contributed by atoms with Crippen LogP contribution in [0.3, 0.4) is 0 Å². The van der Waals surface area contributed by atoms with Gasteiger partial charge in [-0.25, -0.2) is 9.97 Å². The topological polar surface area (TPSA) is 94.0 Å². The Labute approximate surface area is 139 Å². The fraction of sp³-hybridized carbons (Fsp3) is 0.562. The van der Waals surface area contributed by atoms with Crippen LogP contribution in [0.4, 0.5) is 5.82 Å². The Bertz CT molecular complexity index is 863. The minimum absolute atomic E-state index is 0.565. The predicted octanol–water partition coefficient (Wildman–Crippen LogP) is 2.39. The third kappa shape index (κ3) is 2.83. The number of hydrogen-bond acceptors (Lipinski definition) is 8. The number of nitrogens with zero attached hydrogens (tertiary/aromatic N) is 6. The molecule has 3 aromatic rings. The minimum Gasteiger partial charge on any atom is -0.422 e. The zero-order valence-corrected chi connectivity index (χ0v) is 14.1. The van der Waals surface area contributed by atoms with Crippen LogP contribution in [0.15, 0.2) is 8.94 Å². The Kier molecular flexibility index (Phi) is 3.66. The van der Waals surface area contributed by atoms with Gasteiger partial charge in [-0.1, -0.05) is 5.16 Å².